The second-order valence-corrected chi connectivity index (χ2v) is 23.4. The summed E-state index contributed by atoms with van der Waals surface area (Å²) in [7, 11) is -0.495. The molecule has 1 aliphatic rings. The Labute approximate surface area is 353 Å². The van der Waals surface area contributed by atoms with E-state index in [1.54, 1.807) is 38.1 Å². The molecule has 0 bridgehead atoms. The van der Waals surface area contributed by atoms with Gasteiger partial charge in [-0.25, -0.2) is 4.79 Å². The molecular weight excluding hydrogens is 772 g/mol. The predicted octanol–water partition coefficient (Wildman–Crippen LogP) is 9.39. The Hall–Kier alpha value is -3.93. The molecule has 0 saturated heterocycles. The normalized spacial score (nSPS) is 21.2. The second-order valence-electron chi connectivity index (χ2n) is 17.5. The van der Waals surface area contributed by atoms with Crippen molar-refractivity contribution in [2.24, 2.45) is 17.3 Å². The quantitative estimate of drug-likeness (QED) is 0.142. The number of hydrogen-bond acceptors (Lipinski definition) is 8. The monoisotopic (exact) mass is 838 g/mol. The SMILES string of the molecule is COc1ccc(C[C@H]2NC(=O)/C=C/CC([C@H](C)/C=C/c3ccc(CO[Si](C(C)C)(C(C)C)C(C)C)cc3)OC(=O)[C@H](CC(C)C)OC(=O)C(C)(C)CNC2=O)cc1Cl. The highest BCUT2D eigenvalue weighted by atomic mass is 35.5. The number of nitrogens with one attached hydrogen (secondary N) is 2. The van der Waals surface area contributed by atoms with E-state index in [4.69, 9.17) is 30.2 Å². The van der Waals surface area contributed by atoms with Gasteiger partial charge in [-0.15, -0.1) is 0 Å². The highest BCUT2D eigenvalue weighted by Crippen LogP contribution is 2.42. The maximum Gasteiger partial charge on any atom is 0.347 e. The zero-order valence-corrected chi connectivity index (χ0v) is 38.4. The molecule has 0 aliphatic carbocycles. The lowest BCUT2D eigenvalue weighted by atomic mass is 9.93. The summed E-state index contributed by atoms with van der Waals surface area (Å²) >= 11 is 6.36. The van der Waals surface area contributed by atoms with E-state index < -0.39 is 55.7 Å². The number of methoxy groups -OCH3 is 1. The first-order valence-corrected chi connectivity index (χ1v) is 23.1. The summed E-state index contributed by atoms with van der Waals surface area (Å²) in [6, 6.07) is 12.4. The van der Waals surface area contributed by atoms with E-state index in [9.17, 15) is 19.2 Å². The van der Waals surface area contributed by atoms with Crippen molar-refractivity contribution < 1.29 is 37.8 Å². The van der Waals surface area contributed by atoms with Crippen LogP contribution in [0.25, 0.3) is 6.08 Å². The molecule has 0 radical (unpaired) electrons. The molecule has 58 heavy (non-hydrogen) atoms. The standard InChI is InChI=1S/C46H67ClN2O8Si/c1-29(2)24-41-44(52)56-39(33(9)16-17-34-18-20-35(21-19-34)27-55-58(30(3)4,31(5)6)32(7)8)14-13-15-42(50)49-38(26-36-22-23-40(54-12)37(47)25-36)43(51)48-28-46(10,11)45(53)57-41/h13,15-23,25,29-33,38-39,41H,14,24,26-28H2,1-12H3,(H,48,51)(H,49,50)/b15-13+,17-16+/t33-,38-,39?,41+/m1/s1. The highest BCUT2D eigenvalue weighted by molar-refractivity contribution is 6.77. The molecule has 1 unspecified atom stereocenters. The molecule has 0 fully saturated rings. The molecule has 0 saturated carbocycles. The molecule has 1 aliphatic heterocycles. The number of cyclic esters (lactones) is 2. The lowest BCUT2D eigenvalue weighted by Gasteiger charge is -2.42. The van der Waals surface area contributed by atoms with Gasteiger partial charge in [-0.05, 0) is 77.7 Å². The van der Waals surface area contributed by atoms with Gasteiger partial charge in [0.05, 0.1) is 24.2 Å². The Bertz CT molecular complexity index is 1730. The molecule has 1 heterocycles. The highest BCUT2D eigenvalue weighted by Gasteiger charge is 2.45. The number of ether oxygens (including phenoxy) is 3. The van der Waals surface area contributed by atoms with Gasteiger partial charge in [0.1, 0.15) is 17.9 Å². The molecule has 2 aromatic carbocycles. The summed E-state index contributed by atoms with van der Waals surface area (Å²) in [5, 5.41) is 5.95. The van der Waals surface area contributed by atoms with Crippen LogP contribution in [0.15, 0.2) is 60.7 Å². The van der Waals surface area contributed by atoms with Crippen molar-refractivity contribution in [3.05, 3.63) is 82.4 Å². The molecule has 12 heteroatoms. The number of amides is 2. The van der Waals surface area contributed by atoms with E-state index in [0.717, 1.165) is 11.1 Å². The summed E-state index contributed by atoms with van der Waals surface area (Å²) in [4.78, 5) is 54.2. The minimum Gasteiger partial charge on any atom is -0.495 e. The van der Waals surface area contributed by atoms with Gasteiger partial charge in [0.2, 0.25) is 20.1 Å². The van der Waals surface area contributed by atoms with E-state index in [-0.39, 0.29) is 37.6 Å². The van der Waals surface area contributed by atoms with E-state index in [1.807, 2.05) is 45.1 Å². The number of esters is 2. The number of carbonyl (C=O) groups is 4. The Morgan fingerprint density at radius 2 is 1.52 bits per heavy atom. The van der Waals surface area contributed by atoms with Gasteiger partial charge in [0, 0.05) is 25.3 Å². The lowest BCUT2D eigenvalue weighted by molar-refractivity contribution is -0.178. The predicted molar refractivity (Wildman–Crippen MR) is 234 cm³/mol. The average Bonchev–Trinajstić information content (AvgIpc) is 3.14. The zero-order chi connectivity index (χ0) is 43.4. The Balaban J connectivity index is 1.89. The van der Waals surface area contributed by atoms with E-state index in [0.29, 0.717) is 39.6 Å². The molecule has 3 rings (SSSR count). The minimum atomic E-state index is -2.01. The molecule has 2 aromatic rings. The van der Waals surface area contributed by atoms with Crippen LogP contribution < -0.4 is 15.4 Å². The van der Waals surface area contributed by atoms with Crippen molar-refractivity contribution >= 4 is 49.7 Å². The molecule has 4 atom stereocenters. The number of carbonyl (C=O) groups excluding carboxylic acids is 4. The van der Waals surface area contributed by atoms with Gasteiger partial charge in [-0.2, -0.15) is 0 Å². The third kappa shape index (κ3) is 13.6. The van der Waals surface area contributed by atoms with Crippen LogP contribution in [0, 0.1) is 17.3 Å². The summed E-state index contributed by atoms with van der Waals surface area (Å²) in [5.41, 5.74) is 3.06. The lowest BCUT2D eigenvalue weighted by Crippen LogP contribution is -2.51. The summed E-state index contributed by atoms with van der Waals surface area (Å²) < 4.78 is 24.0. The molecule has 2 amide bonds. The van der Waals surface area contributed by atoms with Crippen molar-refractivity contribution in [2.75, 3.05) is 13.7 Å². The molecular formula is C46H67ClN2O8Si. The third-order valence-corrected chi connectivity index (χ3v) is 17.4. The van der Waals surface area contributed by atoms with Crippen molar-refractivity contribution in [1.29, 1.82) is 0 Å². The average molecular weight is 840 g/mol. The minimum absolute atomic E-state index is 0.0126. The topological polar surface area (TPSA) is 129 Å². The van der Waals surface area contributed by atoms with Gasteiger partial charge < -0.3 is 29.3 Å². The van der Waals surface area contributed by atoms with Gasteiger partial charge in [0.15, 0.2) is 6.10 Å². The number of hydrogen-bond donors (Lipinski definition) is 2. The van der Waals surface area contributed by atoms with Crippen LogP contribution in [0.4, 0.5) is 0 Å². The summed E-state index contributed by atoms with van der Waals surface area (Å²) in [6.45, 7) is 23.2. The van der Waals surface area contributed by atoms with E-state index in [1.165, 1.54) is 13.2 Å². The van der Waals surface area contributed by atoms with Crippen LogP contribution in [0.3, 0.4) is 0 Å². The number of benzene rings is 2. The molecule has 2 N–H and O–H groups in total. The van der Waals surface area contributed by atoms with Crippen LogP contribution in [0.1, 0.15) is 106 Å². The van der Waals surface area contributed by atoms with Crippen LogP contribution in [0.2, 0.25) is 21.6 Å². The fourth-order valence-corrected chi connectivity index (χ4v) is 13.3. The van der Waals surface area contributed by atoms with Crippen molar-refractivity contribution in [3.63, 3.8) is 0 Å². The number of halogens is 1. The van der Waals surface area contributed by atoms with Crippen molar-refractivity contribution in [3.8, 4) is 5.75 Å². The maximum absolute atomic E-state index is 13.8. The van der Waals surface area contributed by atoms with Crippen LogP contribution in [0.5, 0.6) is 5.75 Å². The van der Waals surface area contributed by atoms with Gasteiger partial charge >= 0.3 is 11.9 Å². The van der Waals surface area contributed by atoms with E-state index >= 15 is 0 Å². The Morgan fingerprint density at radius 3 is 2.09 bits per heavy atom. The first-order chi connectivity index (χ1) is 27.2. The first-order valence-electron chi connectivity index (χ1n) is 20.6. The fraction of sp³-hybridized carbons (Fsp3) is 0.565. The number of rotatable bonds is 14. The van der Waals surface area contributed by atoms with Crippen LogP contribution >= 0.6 is 11.6 Å². The van der Waals surface area contributed by atoms with Gasteiger partial charge in [-0.3, -0.25) is 14.4 Å². The van der Waals surface area contributed by atoms with Crippen molar-refractivity contribution in [1.82, 2.24) is 10.6 Å². The second kappa shape index (κ2) is 21.9. The van der Waals surface area contributed by atoms with Crippen molar-refractivity contribution in [2.45, 2.75) is 137 Å². The smallest absolute Gasteiger partial charge is 0.347 e. The molecule has 0 aromatic heterocycles. The molecule has 0 spiro atoms. The summed E-state index contributed by atoms with van der Waals surface area (Å²) in [6.07, 6.45) is 5.63. The maximum atomic E-state index is 13.8. The Morgan fingerprint density at radius 1 is 0.897 bits per heavy atom. The third-order valence-electron chi connectivity index (χ3n) is 11.0. The Kier molecular flexibility index (Phi) is 18.3. The van der Waals surface area contributed by atoms with Crippen LogP contribution in [-0.2, 0) is 46.1 Å². The van der Waals surface area contributed by atoms with E-state index in [2.05, 4.69) is 64.3 Å². The first kappa shape index (κ1) is 48.4. The summed E-state index contributed by atoms with van der Waals surface area (Å²) in [5.74, 6) is -2.12. The van der Waals surface area contributed by atoms with Crippen LogP contribution in [-0.4, -0.2) is 64.0 Å². The largest absolute Gasteiger partial charge is 0.495 e. The fourth-order valence-electron chi connectivity index (χ4n) is 7.64. The molecule has 10 nitrogen and oxygen atoms in total. The van der Waals surface area contributed by atoms with Gasteiger partial charge in [-0.1, -0.05) is 122 Å². The van der Waals surface area contributed by atoms with Gasteiger partial charge in [0.25, 0.3) is 0 Å². The zero-order valence-electron chi connectivity index (χ0n) is 36.6. The molecule has 320 valence electrons.